The van der Waals surface area contributed by atoms with E-state index in [1.807, 2.05) is 12.1 Å². The first-order valence-electron chi connectivity index (χ1n) is 8.14. The maximum atomic E-state index is 12.5. The van der Waals surface area contributed by atoms with Crippen LogP contribution >= 0.6 is 0 Å². The van der Waals surface area contributed by atoms with Crippen molar-refractivity contribution in [1.82, 2.24) is 10.2 Å². The van der Waals surface area contributed by atoms with E-state index in [9.17, 15) is 14.4 Å². The number of amides is 3. The summed E-state index contributed by atoms with van der Waals surface area (Å²) in [5.41, 5.74) is 2.31. The minimum atomic E-state index is -0.126. The molecule has 2 aliphatic heterocycles. The lowest BCUT2D eigenvalue weighted by molar-refractivity contribution is -0.122. The van der Waals surface area contributed by atoms with E-state index >= 15 is 0 Å². The molecule has 0 spiro atoms. The Morgan fingerprint density at radius 2 is 2.09 bits per heavy atom. The van der Waals surface area contributed by atoms with Gasteiger partial charge in [-0.15, -0.1) is 0 Å². The molecule has 23 heavy (non-hydrogen) atoms. The summed E-state index contributed by atoms with van der Waals surface area (Å²) in [4.78, 5) is 39.6. The zero-order valence-electron chi connectivity index (χ0n) is 12.9. The van der Waals surface area contributed by atoms with Crippen molar-refractivity contribution in [3.05, 3.63) is 29.3 Å². The van der Waals surface area contributed by atoms with Gasteiger partial charge in [0, 0.05) is 36.8 Å². The number of fused-ring (bicyclic) bond motifs is 1. The molecule has 1 saturated carbocycles. The molecule has 3 amide bonds. The average molecular weight is 313 g/mol. The normalized spacial score (nSPS) is 20.2. The Kier molecular flexibility index (Phi) is 3.32. The molecule has 6 heteroatoms. The molecular formula is C17H19N3O3. The first-order valence-corrected chi connectivity index (χ1v) is 8.14. The quantitative estimate of drug-likeness (QED) is 0.903. The third-order valence-electron chi connectivity index (χ3n) is 4.63. The van der Waals surface area contributed by atoms with Gasteiger partial charge in [-0.2, -0.15) is 0 Å². The highest BCUT2D eigenvalue weighted by Gasteiger charge is 2.32. The molecule has 0 radical (unpaired) electrons. The van der Waals surface area contributed by atoms with Crippen LogP contribution in [0, 0.1) is 0 Å². The molecule has 6 nitrogen and oxygen atoms in total. The van der Waals surface area contributed by atoms with Crippen LogP contribution in [-0.4, -0.2) is 41.8 Å². The molecular weight excluding hydrogens is 294 g/mol. The Morgan fingerprint density at radius 1 is 1.26 bits per heavy atom. The van der Waals surface area contributed by atoms with Crippen LogP contribution < -0.4 is 10.2 Å². The number of rotatable bonds is 4. The van der Waals surface area contributed by atoms with Gasteiger partial charge in [0.2, 0.25) is 11.8 Å². The van der Waals surface area contributed by atoms with Crippen LogP contribution in [0.25, 0.3) is 0 Å². The minimum Gasteiger partial charge on any atom is -0.352 e. The van der Waals surface area contributed by atoms with Crippen LogP contribution in [0.3, 0.4) is 0 Å². The predicted octanol–water partition coefficient (Wildman–Crippen LogP) is 1.05. The fourth-order valence-corrected chi connectivity index (χ4v) is 3.24. The Morgan fingerprint density at radius 3 is 2.78 bits per heavy atom. The SMILES string of the molecule is O=C(CN1Cc2ccc(N3CCCC3=O)cc2C1=O)NC1CC1. The van der Waals surface area contributed by atoms with Crippen molar-refractivity contribution in [2.24, 2.45) is 0 Å². The van der Waals surface area contributed by atoms with Gasteiger partial charge in [-0.05, 0) is 37.0 Å². The lowest BCUT2D eigenvalue weighted by Crippen LogP contribution is -2.38. The predicted molar refractivity (Wildman–Crippen MR) is 83.9 cm³/mol. The van der Waals surface area contributed by atoms with Gasteiger partial charge < -0.3 is 15.1 Å². The molecule has 1 aromatic rings. The number of benzene rings is 1. The van der Waals surface area contributed by atoms with E-state index in [1.54, 1.807) is 15.9 Å². The smallest absolute Gasteiger partial charge is 0.255 e. The Bertz CT molecular complexity index is 696. The Hall–Kier alpha value is -2.37. The lowest BCUT2D eigenvalue weighted by Gasteiger charge is -2.16. The van der Waals surface area contributed by atoms with Crippen molar-refractivity contribution in [2.45, 2.75) is 38.3 Å². The van der Waals surface area contributed by atoms with Crippen molar-refractivity contribution >= 4 is 23.4 Å². The molecule has 2 fully saturated rings. The van der Waals surface area contributed by atoms with Gasteiger partial charge in [-0.1, -0.05) is 6.07 Å². The van der Waals surface area contributed by atoms with Gasteiger partial charge in [0.1, 0.15) is 6.54 Å². The van der Waals surface area contributed by atoms with E-state index < -0.39 is 0 Å². The summed E-state index contributed by atoms with van der Waals surface area (Å²) in [6.07, 6.45) is 3.50. The summed E-state index contributed by atoms with van der Waals surface area (Å²) >= 11 is 0. The van der Waals surface area contributed by atoms with Gasteiger partial charge in [0.05, 0.1) is 0 Å². The fraction of sp³-hybridized carbons (Fsp3) is 0.471. The molecule has 4 rings (SSSR count). The number of hydrogen-bond acceptors (Lipinski definition) is 3. The van der Waals surface area contributed by atoms with Crippen molar-refractivity contribution in [2.75, 3.05) is 18.0 Å². The fourth-order valence-electron chi connectivity index (χ4n) is 3.24. The standard InChI is InChI=1S/C17H19N3O3/c21-15(18-12-4-5-12)10-19-9-11-3-6-13(8-14(11)17(19)23)20-7-1-2-16(20)22/h3,6,8,12H,1-2,4-5,7,9-10H2,(H,18,21). The largest absolute Gasteiger partial charge is 0.352 e. The van der Waals surface area contributed by atoms with Crippen molar-refractivity contribution in [3.63, 3.8) is 0 Å². The van der Waals surface area contributed by atoms with Crippen LogP contribution in [-0.2, 0) is 16.1 Å². The third kappa shape index (κ3) is 2.69. The van der Waals surface area contributed by atoms with E-state index in [2.05, 4.69) is 5.32 Å². The summed E-state index contributed by atoms with van der Waals surface area (Å²) in [7, 11) is 0. The molecule has 0 aromatic heterocycles. The number of carbonyl (C=O) groups is 3. The molecule has 2 heterocycles. The zero-order chi connectivity index (χ0) is 16.0. The average Bonchev–Trinajstić information content (AvgIpc) is 3.15. The van der Waals surface area contributed by atoms with Crippen molar-refractivity contribution in [1.29, 1.82) is 0 Å². The molecule has 1 aromatic carbocycles. The van der Waals surface area contributed by atoms with Crippen LogP contribution in [0.1, 0.15) is 41.6 Å². The van der Waals surface area contributed by atoms with Gasteiger partial charge in [0.15, 0.2) is 0 Å². The molecule has 1 N–H and O–H groups in total. The van der Waals surface area contributed by atoms with Crippen LogP contribution in [0.5, 0.6) is 0 Å². The highest BCUT2D eigenvalue weighted by molar-refractivity contribution is 6.02. The zero-order valence-corrected chi connectivity index (χ0v) is 12.9. The van der Waals surface area contributed by atoms with Crippen LogP contribution in [0.15, 0.2) is 18.2 Å². The lowest BCUT2D eigenvalue weighted by atomic mass is 10.1. The molecule has 1 saturated heterocycles. The molecule has 0 unspecified atom stereocenters. The number of nitrogens with zero attached hydrogens (tertiary/aromatic N) is 2. The van der Waals surface area contributed by atoms with E-state index in [4.69, 9.17) is 0 Å². The molecule has 1 aliphatic carbocycles. The maximum absolute atomic E-state index is 12.5. The van der Waals surface area contributed by atoms with E-state index in [-0.39, 0.29) is 24.3 Å². The first-order chi connectivity index (χ1) is 11.1. The third-order valence-corrected chi connectivity index (χ3v) is 4.63. The Labute approximate surface area is 134 Å². The Balaban J connectivity index is 1.49. The van der Waals surface area contributed by atoms with Gasteiger partial charge in [0.25, 0.3) is 5.91 Å². The molecule has 120 valence electrons. The summed E-state index contributed by atoms with van der Waals surface area (Å²) < 4.78 is 0. The first kappa shape index (κ1) is 14.2. The number of nitrogens with one attached hydrogen (secondary N) is 1. The number of anilines is 1. The second kappa shape index (κ2) is 5.37. The van der Waals surface area contributed by atoms with E-state index in [0.717, 1.165) is 30.5 Å². The second-order valence-electron chi connectivity index (χ2n) is 6.49. The van der Waals surface area contributed by atoms with Crippen LogP contribution in [0.2, 0.25) is 0 Å². The topological polar surface area (TPSA) is 69.7 Å². The molecule has 0 atom stereocenters. The minimum absolute atomic E-state index is 0.0939. The number of carbonyl (C=O) groups excluding carboxylic acids is 3. The summed E-state index contributed by atoms with van der Waals surface area (Å²) in [5.74, 6) is -0.112. The van der Waals surface area contributed by atoms with Crippen LogP contribution in [0.4, 0.5) is 5.69 Å². The van der Waals surface area contributed by atoms with Gasteiger partial charge >= 0.3 is 0 Å². The summed E-state index contributed by atoms with van der Waals surface area (Å²) in [6, 6.07) is 5.88. The van der Waals surface area contributed by atoms with Gasteiger partial charge in [-0.3, -0.25) is 14.4 Å². The van der Waals surface area contributed by atoms with Crippen molar-refractivity contribution in [3.8, 4) is 0 Å². The monoisotopic (exact) mass is 313 g/mol. The maximum Gasteiger partial charge on any atom is 0.255 e. The highest BCUT2D eigenvalue weighted by Crippen LogP contribution is 2.29. The molecule has 0 bridgehead atoms. The second-order valence-corrected chi connectivity index (χ2v) is 6.49. The van der Waals surface area contributed by atoms with E-state index in [1.165, 1.54) is 0 Å². The summed E-state index contributed by atoms with van der Waals surface area (Å²) in [5, 5.41) is 2.90. The summed E-state index contributed by atoms with van der Waals surface area (Å²) in [6.45, 7) is 1.27. The van der Waals surface area contributed by atoms with Gasteiger partial charge in [-0.25, -0.2) is 0 Å². The number of hydrogen-bond donors (Lipinski definition) is 1. The van der Waals surface area contributed by atoms with E-state index in [0.29, 0.717) is 31.1 Å². The highest BCUT2D eigenvalue weighted by atomic mass is 16.2. The van der Waals surface area contributed by atoms with Crippen molar-refractivity contribution < 1.29 is 14.4 Å². The molecule has 3 aliphatic rings.